The van der Waals surface area contributed by atoms with Crippen LogP contribution in [0.25, 0.3) is 0 Å². The molecule has 0 radical (unpaired) electrons. The van der Waals surface area contributed by atoms with Gasteiger partial charge in [-0.1, -0.05) is 22.9 Å². The molecule has 1 fully saturated rings. The van der Waals surface area contributed by atoms with E-state index in [4.69, 9.17) is 4.74 Å². The zero-order valence-corrected chi connectivity index (χ0v) is 13.7. The number of aromatic carboxylic acids is 1. The quantitative estimate of drug-likeness (QED) is 0.819. The molecule has 0 aliphatic carbocycles. The highest BCUT2D eigenvalue weighted by molar-refractivity contribution is 9.10. The summed E-state index contributed by atoms with van der Waals surface area (Å²) in [7, 11) is 0. The summed E-state index contributed by atoms with van der Waals surface area (Å²) in [5.74, 6) is -0.118. The zero-order chi connectivity index (χ0) is 14.5. The molecular weight excluding hydrogens is 342 g/mol. The smallest absolute Gasteiger partial charge is 0.336 e. The van der Waals surface area contributed by atoms with Crippen LogP contribution in [0.5, 0.6) is 0 Å². The van der Waals surface area contributed by atoms with Crippen molar-refractivity contribution in [3.63, 3.8) is 0 Å². The molecule has 1 aromatic rings. The van der Waals surface area contributed by atoms with Gasteiger partial charge in [-0.15, -0.1) is 11.8 Å². The number of hydrogen-bond acceptors (Lipinski definition) is 4. The van der Waals surface area contributed by atoms with E-state index in [0.717, 1.165) is 41.4 Å². The van der Waals surface area contributed by atoms with Gasteiger partial charge < -0.3 is 9.84 Å². The summed E-state index contributed by atoms with van der Waals surface area (Å²) in [6, 6.07) is 5.24. The van der Waals surface area contributed by atoms with Crippen molar-refractivity contribution in [1.82, 2.24) is 4.90 Å². The summed E-state index contributed by atoms with van der Waals surface area (Å²) in [6.07, 6.45) is 0.161. The summed E-state index contributed by atoms with van der Waals surface area (Å²) in [5.41, 5.74) is 0.348. The number of carbonyl (C=O) groups is 1. The van der Waals surface area contributed by atoms with Gasteiger partial charge in [-0.05, 0) is 24.7 Å². The number of thioether (sulfide) groups is 1. The molecule has 1 aliphatic rings. The highest BCUT2D eigenvalue weighted by Gasteiger charge is 2.20. The normalized spacial score (nSPS) is 20.0. The second-order valence-electron chi connectivity index (χ2n) is 4.64. The number of carboxylic acid groups (broad SMARTS) is 1. The van der Waals surface area contributed by atoms with Crippen molar-refractivity contribution in [3.8, 4) is 0 Å². The maximum Gasteiger partial charge on any atom is 0.336 e. The van der Waals surface area contributed by atoms with Crippen LogP contribution in [0.1, 0.15) is 17.3 Å². The average molecular weight is 360 g/mol. The van der Waals surface area contributed by atoms with Crippen LogP contribution in [-0.4, -0.2) is 54.1 Å². The van der Waals surface area contributed by atoms with Gasteiger partial charge in [-0.25, -0.2) is 4.79 Å². The fraction of sp³-hybridized carbons (Fsp3) is 0.500. The molecule has 2 rings (SSSR count). The molecule has 4 nitrogen and oxygen atoms in total. The Labute approximate surface area is 131 Å². The van der Waals surface area contributed by atoms with E-state index < -0.39 is 5.97 Å². The van der Waals surface area contributed by atoms with Crippen molar-refractivity contribution in [2.75, 3.05) is 32.0 Å². The summed E-state index contributed by atoms with van der Waals surface area (Å²) >= 11 is 4.93. The number of ether oxygens (including phenoxy) is 1. The lowest BCUT2D eigenvalue weighted by Gasteiger charge is -2.31. The number of likely N-dealkylation sites (N-methyl/N-ethyl adjacent to an activating group) is 1. The van der Waals surface area contributed by atoms with Gasteiger partial charge in [0, 0.05) is 28.2 Å². The van der Waals surface area contributed by atoms with Crippen molar-refractivity contribution < 1.29 is 14.6 Å². The van der Waals surface area contributed by atoms with E-state index in [1.54, 1.807) is 23.9 Å². The Morgan fingerprint density at radius 2 is 2.40 bits per heavy atom. The maximum atomic E-state index is 11.2. The second kappa shape index (κ2) is 7.45. The molecule has 1 heterocycles. The van der Waals surface area contributed by atoms with E-state index in [2.05, 4.69) is 27.8 Å². The minimum Gasteiger partial charge on any atom is -0.478 e. The van der Waals surface area contributed by atoms with Crippen LogP contribution in [-0.2, 0) is 4.74 Å². The first-order chi connectivity index (χ1) is 9.60. The zero-order valence-electron chi connectivity index (χ0n) is 11.3. The van der Waals surface area contributed by atoms with Gasteiger partial charge >= 0.3 is 5.97 Å². The van der Waals surface area contributed by atoms with E-state index in [1.807, 2.05) is 6.07 Å². The van der Waals surface area contributed by atoms with Crippen LogP contribution >= 0.6 is 27.7 Å². The number of carboxylic acids is 1. The summed E-state index contributed by atoms with van der Waals surface area (Å²) in [6.45, 7) is 5.83. The molecule has 0 amide bonds. The lowest BCUT2D eigenvalue weighted by atomic mass is 10.2. The Hall–Kier alpha value is -0.560. The van der Waals surface area contributed by atoms with Gasteiger partial charge in [0.05, 0.1) is 18.3 Å². The minimum absolute atomic E-state index is 0.161. The molecule has 1 saturated heterocycles. The van der Waals surface area contributed by atoms with E-state index in [9.17, 15) is 9.90 Å². The Balaban J connectivity index is 1.99. The number of morpholine rings is 1. The molecule has 1 atom stereocenters. The lowest BCUT2D eigenvalue weighted by molar-refractivity contribution is -0.0137. The molecule has 1 unspecified atom stereocenters. The van der Waals surface area contributed by atoms with Gasteiger partial charge in [0.1, 0.15) is 0 Å². The Bertz CT molecular complexity index is 483. The van der Waals surface area contributed by atoms with Gasteiger partial charge in [-0.3, -0.25) is 4.90 Å². The van der Waals surface area contributed by atoms with E-state index in [-0.39, 0.29) is 6.10 Å². The van der Waals surface area contributed by atoms with E-state index >= 15 is 0 Å². The van der Waals surface area contributed by atoms with Gasteiger partial charge in [0.15, 0.2) is 0 Å². The summed E-state index contributed by atoms with van der Waals surface area (Å²) in [5, 5.41) is 9.21. The van der Waals surface area contributed by atoms with Crippen molar-refractivity contribution in [2.45, 2.75) is 17.9 Å². The van der Waals surface area contributed by atoms with Crippen molar-refractivity contribution in [1.29, 1.82) is 0 Å². The third kappa shape index (κ3) is 4.22. The standard InChI is InChI=1S/C14H18BrNO3S/c1-2-16-5-6-19-11(8-16)9-20-13-7-10(15)3-4-12(13)14(17)18/h3-4,7,11H,2,5-6,8-9H2,1H3,(H,17,18). The van der Waals surface area contributed by atoms with E-state index in [0.29, 0.717) is 5.56 Å². The van der Waals surface area contributed by atoms with E-state index in [1.165, 1.54) is 0 Å². The molecule has 1 aliphatic heterocycles. The highest BCUT2D eigenvalue weighted by Crippen LogP contribution is 2.28. The van der Waals surface area contributed by atoms with Crippen LogP contribution in [0.15, 0.2) is 27.6 Å². The predicted molar refractivity (Wildman–Crippen MR) is 83.7 cm³/mol. The van der Waals surface area contributed by atoms with Gasteiger partial charge in [0.25, 0.3) is 0 Å². The third-order valence-corrected chi connectivity index (χ3v) is 4.95. The number of nitrogens with zero attached hydrogens (tertiary/aromatic N) is 1. The molecule has 20 heavy (non-hydrogen) atoms. The van der Waals surface area contributed by atoms with Gasteiger partial charge in [0.2, 0.25) is 0 Å². The molecule has 1 aromatic carbocycles. The number of benzene rings is 1. The second-order valence-corrected chi connectivity index (χ2v) is 6.62. The average Bonchev–Trinajstić information content (AvgIpc) is 2.45. The topological polar surface area (TPSA) is 49.8 Å². The Kier molecular flexibility index (Phi) is 5.89. The fourth-order valence-electron chi connectivity index (χ4n) is 2.14. The molecular formula is C14H18BrNO3S. The number of hydrogen-bond donors (Lipinski definition) is 1. The first-order valence-electron chi connectivity index (χ1n) is 6.59. The van der Waals surface area contributed by atoms with Crippen LogP contribution in [0.3, 0.4) is 0 Å². The van der Waals surface area contributed by atoms with Crippen LogP contribution in [0.4, 0.5) is 0 Å². The third-order valence-electron chi connectivity index (χ3n) is 3.27. The van der Waals surface area contributed by atoms with Crippen molar-refractivity contribution in [3.05, 3.63) is 28.2 Å². The molecule has 110 valence electrons. The lowest BCUT2D eigenvalue weighted by Crippen LogP contribution is -2.43. The predicted octanol–water partition coefficient (Wildman–Crippen LogP) is 2.96. The Morgan fingerprint density at radius 3 is 3.10 bits per heavy atom. The first-order valence-corrected chi connectivity index (χ1v) is 8.37. The SMILES string of the molecule is CCN1CCOC(CSc2cc(Br)ccc2C(=O)O)C1. The van der Waals surface area contributed by atoms with Crippen molar-refractivity contribution in [2.24, 2.45) is 0 Å². The van der Waals surface area contributed by atoms with Crippen molar-refractivity contribution >= 4 is 33.7 Å². The van der Waals surface area contributed by atoms with Gasteiger partial charge in [-0.2, -0.15) is 0 Å². The molecule has 0 saturated carbocycles. The minimum atomic E-state index is -0.889. The monoisotopic (exact) mass is 359 g/mol. The summed E-state index contributed by atoms with van der Waals surface area (Å²) in [4.78, 5) is 14.4. The molecule has 6 heteroatoms. The summed E-state index contributed by atoms with van der Waals surface area (Å²) < 4.78 is 6.63. The number of rotatable bonds is 5. The highest BCUT2D eigenvalue weighted by atomic mass is 79.9. The molecule has 0 bridgehead atoms. The van der Waals surface area contributed by atoms with Crippen LogP contribution < -0.4 is 0 Å². The van der Waals surface area contributed by atoms with Crippen LogP contribution in [0, 0.1) is 0 Å². The number of halogens is 1. The molecule has 0 spiro atoms. The first kappa shape index (κ1) is 15.8. The maximum absolute atomic E-state index is 11.2. The fourth-order valence-corrected chi connectivity index (χ4v) is 3.74. The molecule has 0 aromatic heterocycles. The Morgan fingerprint density at radius 1 is 1.60 bits per heavy atom. The van der Waals surface area contributed by atoms with Crippen LogP contribution in [0.2, 0.25) is 0 Å². The largest absolute Gasteiger partial charge is 0.478 e. The molecule has 1 N–H and O–H groups in total.